The normalized spacial score (nSPS) is 14.3. The van der Waals surface area contributed by atoms with E-state index in [0.29, 0.717) is 18.0 Å². The molecule has 1 aromatic carbocycles. The minimum absolute atomic E-state index is 0.000481. The van der Waals surface area contributed by atoms with Gasteiger partial charge in [0, 0.05) is 17.8 Å². The van der Waals surface area contributed by atoms with E-state index in [4.69, 9.17) is 9.84 Å². The molecule has 2 rings (SSSR count). The third kappa shape index (κ3) is 3.85. The number of aliphatic hydroxyl groups excluding tert-OH is 1. The molecule has 1 aromatic rings. The number of hydrogen-bond donors (Lipinski definition) is 2. The highest BCUT2D eigenvalue weighted by atomic mass is 16.5. The molecule has 0 bridgehead atoms. The van der Waals surface area contributed by atoms with Crippen LogP contribution in [0.15, 0.2) is 36.0 Å². The van der Waals surface area contributed by atoms with Gasteiger partial charge in [-0.15, -0.1) is 0 Å². The van der Waals surface area contributed by atoms with Crippen LogP contribution in [0.5, 0.6) is 5.75 Å². The van der Waals surface area contributed by atoms with Crippen LogP contribution in [0.2, 0.25) is 0 Å². The van der Waals surface area contributed by atoms with Gasteiger partial charge in [0.05, 0.1) is 19.8 Å². The second-order valence-electron chi connectivity index (χ2n) is 4.93. The fourth-order valence-corrected chi connectivity index (χ4v) is 2.06. The van der Waals surface area contributed by atoms with Gasteiger partial charge < -0.3 is 15.2 Å². The third-order valence-electron chi connectivity index (χ3n) is 3.21. The summed E-state index contributed by atoms with van der Waals surface area (Å²) in [6.45, 7) is 2.48. The minimum atomic E-state index is -0.434. The average Bonchev–Trinajstić information content (AvgIpc) is 2.76. The maximum Gasteiger partial charge on any atom is 0.277 e. The monoisotopic (exact) mass is 304 g/mol. The topological polar surface area (TPSA) is 78.9 Å². The number of benzene rings is 1. The number of β-amino-alcohol motifs (C(OH)–C–C–N with tert-alkyl or cyclic N) is 1. The van der Waals surface area contributed by atoms with Crippen molar-refractivity contribution in [2.24, 2.45) is 0 Å². The fourth-order valence-electron chi connectivity index (χ4n) is 2.06. The molecule has 0 atom stereocenters. The largest absolute Gasteiger partial charge is 0.494 e. The number of rotatable bonds is 8. The number of carbonyl (C=O) groups excluding carboxylic acids is 2. The highest BCUT2D eigenvalue weighted by Crippen LogP contribution is 2.21. The predicted molar refractivity (Wildman–Crippen MR) is 82.4 cm³/mol. The van der Waals surface area contributed by atoms with Crippen LogP contribution in [-0.4, -0.2) is 41.6 Å². The number of unbranched alkanes of at least 4 members (excludes halogenated alkanes) is 1. The Kier molecular flexibility index (Phi) is 5.55. The van der Waals surface area contributed by atoms with Crippen molar-refractivity contribution in [1.82, 2.24) is 4.90 Å². The van der Waals surface area contributed by atoms with Gasteiger partial charge in [-0.3, -0.25) is 14.5 Å². The van der Waals surface area contributed by atoms with Gasteiger partial charge >= 0.3 is 0 Å². The van der Waals surface area contributed by atoms with Crippen LogP contribution in [-0.2, 0) is 9.59 Å². The first-order chi connectivity index (χ1) is 10.7. The van der Waals surface area contributed by atoms with Crippen LogP contribution in [0, 0.1) is 0 Å². The van der Waals surface area contributed by atoms with E-state index in [1.807, 2.05) is 12.1 Å². The lowest BCUT2D eigenvalue weighted by Crippen LogP contribution is -2.34. The Bertz CT molecular complexity index is 583. The lowest BCUT2D eigenvalue weighted by molar-refractivity contribution is -0.137. The van der Waals surface area contributed by atoms with E-state index < -0.39 is 11.8 Å². The lowest BCUT2D eigenvalue weighted by atomic mass is 10.3. The van der Waals surface area contributed by atoms with E-state index in [2.05, 4.69) is 12.2 Å². The molecule has 2 amide bonds. The minimum Gasteiger partial charge on any atom is -0.494 e. The zero-order chi connectivity index (χ0) is 15.9. The Hall–Kier alpha value is -2.34. The number of imide groups is 1. The number of nitrogens with one attached hydrogen (secondary N) is 1. The van der Waals surface area contributed by atoms with E-state index in [1.165, 1.54) is 6.08 Å². The molecule has 0 spiro atoms. The Labute approximate surface area is 129 Å². The molecule has 22 heavy (non-hydrogen) atoms. The molecule has 0 fully saturated rings. The number of aliphatic hydroxyl groups is 1. The maximum absolute atomic E-state index is 12.0. The number of carbonyl (C=O) groups is 2. The fraction of sp³-hybridized carbons (Fsp3) is 0.375. The quantitative estimate of drug-likeness (QED) is 0.562. The van der Waals surface area contributed by atoms with Crippen molar-refractivity contribution in [3.63, 3.8) is 0 Å². The lowest BCUT2D eigenvalue weighted by Gasteiger charge is -2.13. The van der Waals surface area contributed by atoms with Crippen LogP contribution in [0.3, 0.4) is 0 Å². The van der Waals surface area contributed by atoms with Gasteiger partial charge in [0.25, 0.3) is 11.8 Å². The third-order valence-corrected chi connectivity index (χ3v) is 3.21. The van der Waals surface area contributed by atoms with Crippen molar-refractivity contribution >= 4 is 17.5 Å². The Balaban J connectivity index is 2.02. The van der Waals surface area contributed by atoms with E-state index in [-0.39, 0.29) is 18.8 Å². The molecule has 118 valence electrons. The van der Waals surface area contributed by atoms with Gasteiger partial charge in [-0.1, -0.05) is 19.4 Å². The van der Waals surface area contributed by atoms with Crippen molar-refractivity contribution in [3.8, 4) is 5.75 Å². The standard InChI is InChI=1S/C16H20N2O4/c1-2-3-9-22-13-6-4-5-12(10-13)17-14-11-15(20)18(7-8-19)16(14)21/h4-6,10-11,17,19H,2-3,7-9H2,1H3. The SMILES string of the molecule is CCCCOc1cccc(NC2=CC(=O)N(CCO)C2=O)c1. The first kappa shape index (κ1) is 16.0. The summed E-state index contributed by atoms with van der Waals surface area (Å²) in [4.78, 5) is 24.7. The number of hydrogen-bond acceptors (Lipinski definition) is 5. The number of amides is 2. The molecule has 0 aliphatic carbocycles. The van der Waals surface area contributed by atoms with Crippen molar-refractivity contribution in [3.05, 3.63) is 36.0 Å². The molecular formula is C16H20N2O4. The summed E-state index contributed by atoms with van der Waals surface area (Å²) in [7, 11) is 0. The smallest absolute Gasteiger partial charge is 0.277 e. The molecule has 6 heteroatoms. The van der Waals surface area contributed by atoms with Crippen LogP contribution in [0.1, 0.15) is 19.8 Å². The van der Waals surface area contributed by atoms with Gasteiger partial charge in [0.15, 0.2) is 0 Å². The van der Waals surface area contributed by atoms with E-state index >= 15 is 0 Å². The predicted octanol–water partition coefficient (Wildman–Crippen LogP) is 1.52. The van der Waals surface area contributed by atoms with E-state index in [1.54, 1.807) is 12.1 Å². The average molecular weight is 304 g/mol. The zero-order valence-corrected chi connectivity index (χ0v) is 12.5. The van der Waals surface area contributed by atoms with Crippen LogP contribution < -0.4 is 10.1 Å². The molecule has 0 unspecified atom stereocenters. The molecule has 0 saturated heterocycles. The van der Waals surface area contributed by atoms with Gasteiger partial charge in [-0.05, 0) is 18.6 Å². The van der Waals surface area contributed by atoms with Gasteiger partial charge in [0.1, 0.15) is 11.4 Å². The Morgan fingerprint density at radius 2 is 2.14 bits per heavy atom. The number of nitrogens with zero attached hydrogens (tertiary/aromatic N) is 1. The Morgan fingerprint density at radius 3 is 2.86 bits per heavy atom. The second kappa shape index (κ2) is 7.61. The summed E-state index contributed by atoms with van der Waals surface area (Å²) in [5.74, 6) is -0.142. The van der Waals surface area contributed by atoms with E-state index in [9.17, 15) is 9.59 Å². The van der Waals surface area contributed by atoms with Gasteiger partial charge in [-0.25, -0.2) is 0 Å². The highest BCUT2D eigenvalue weighted by Gasteiger charge is 2.30. The van der Waals surface area contributed by atoms with Crippen LogP contribution in [0.4, 0.5) is 5.69 Å². The van der Waals surface area contributed by atoms with Crippen molar-refractivity contribution in [1.29, 1.82) is 0 Å². The first-order valence-corrected chi connectivity index (χ1v) is 7.34. The Morgan fingerprint density at radius 1 is 1.32 bits per heavy atom. The first-order valence-electron chi connectivity index (χ1n) is 7.34. The van der Waals surface area contributed by atoms with Gasteiger partial charge in [0.2, 0.25) is 0 Å². The molecule has 1 heterocycles. The zero-order valence-electron chi connectivity index (χ0n) is 12.5. The molecule has 6 nitrogen and oxygen atoms in total. The molecule has 1 aliphatic heterocycles. The molecular weight excluding hydrogens is 284 g/mol. The summed E-state index contributed by atoms with van der Waals surface area (Å²) >= 11 is 0. The molecule has 0 radical (unpaired) electrons. The summed E-state index contributed by atoms with van der Waals surface area (Å²) in [6.07, 6.45) is 3.27. The van der Waals surface area contributed by atoms with Crippen molar-refractivity contribution in [2.75, 3.05) is 25.1 Å². The molecule has 2 N–H and O–H groups in total. The molecule has 0 aromatic heterocycles. The van der Waals surface area contributed by atoms with Crippen LogP contribution in [0.25, 0.3) is 0 Å². The number of ether oxygens (including phenoxy) is 1. The van der Waals surface area contributed by atoms with Crippen molar-refractivity contribution in [2.45, 2.75) is 19.8 Å². The number of anilines is 1. The summed E-state index contributed by atoms with van der Waals surface area (Å²) in [6, 6.07) is 7.23. The molecule has 1 aliphatic rings. The molecule has 0 saturated carbocycles. The van der Waals surface area contributed by atoms with Crippen LogP contribution >= 0.6 is 0 Å². The highest BCUT2D eigenvalue weighted by molar-refractivity contribution is 6.17. The van der Waals surface area contributed by atoms with Crippen molar-refractivity contribution < 1.29 is 19.4 Å². The second-order valence-corrected chi connectivity index (χ2v) is 4.93. The van der Waals surface area contributed by atoms with Gasteiger partial charge in [-0.2, -0.15) is 0 Å². The maximum atomic E-state index is 12.0. The summed E-state index contributed by atoms with van der Waals surface area (Å²) < 4.78 is 5.60. The van der Waals surface area contributed by atoms with E-state index in [0.717, 1.165) is 17.7 Å². The summed E-state index contributed by atoms with van der Waals surface area (Å²) in [5.41, 5.74) is 0.872. The summed E-state index contributed by atoms with van der Waals surface area (Å²) in [5, 5.41) is 11.8.